The van der Waals surface area contributed by atoms with Crippen LogP contribution in [0.25, 0.3) is 0 Å². The molecule has 0 bridgehead atoms. The largest absolute Gasteiger partial charge is 0.504 e. The maximum Gasteiger partial charge on any atom is 0.157 e. The van der Waals surface area contributed by atoms with Crippen LogP contribution < -0.4 is 5.32 Å². The van der Waals surface area contributed by atoms with E-state index in [9.17, 15) is 10.2 Å². The van der Waals surface area contributed by atoms with Gasteiger partial charge in [0.05, 0.1) is 0 Å². The van der Waals surface area contributed by atoms with Crippen molar-refractivity contribution in [1.82, 2.24) is 0 Å². The molecule has 0 unspecified atom stereocenters. The summed E-state index contributed by atoms with van der Waals surface area (Å²) in [7, 11) is 0. The van der Waals surface area contributed by atoms with Gasteiger partial charge in [0, 0.05) is 12.2 Å². The molecule has 0 spiro atoms. The lowest BCUT2D eigenvalue weighted by Crippen LogP contribution is -2.14. The molecule has 0 atom stereocenters. The lowest BCUT2D eigenvalue weighted by atomic mass is 9.86. The van der Waals surface area contributed by atoms with Gasteiger partial charge in [-0.15, -0.1) is 0 Å². The Morgan fingerprint density at radius 3 is 2.30 bits per heavy atom. The lowest BCUT2D eigenvalue weighted by Gasteiger charge is -2.23. The minimum Gasteiger partial charge on any atom is -0.504 e. The molecule has 0 heterocycles. The van der Waals surface area contributed by atoms with Crippen LogP contribution in [0.15, 0.2) is 42.5 Å². The van der Waals surface area contributed by atoms with Crippen LogP contribution in [0.2, 0.25) is 0 Å². The van der Waals surface area contributed by atoms with E-state index in [1.165, 1.54) is 11.6 Å². The maximum absolute atomic E-state index is 9.50. The first-order valence-electron chi connectivity index (χ1n) is 6.72. The first kappa shape index (κ1) is 14.3. The van der Waals surface area contributed by atoms with E-state index in [1.54, 1.807) is 12.1 Å². The van der Waals surface area contributed by atoms with E-state index < -0.39 is 0 Å². The summed E-state index contributed by atoms with van der Waals surface area (Å²) in [5, 5.41) is 22.2. The monoisotopic (exact) mass is 271 g/mol. The van der Waals surface area contributed by atoms with Gasteiger partial charge in [0.15, 0.2) is 11.5 Å². The molecule has 2 rings (SSSR count). The zero-order valence-electron chi connectivity index (χ0n) is 12.1. The standard InChI is InChI=1S/C17H21NO2/c1-17(2,3)13-6-4-5-7-14(13)18-11-12-8-9-15(19)16(20)10-12/h4-10,18-20H,11H2,1-3H3. The molecule has 106 valence electrons. The molecule has 0 saturated carbocycles. The maximum atomic E-state index is 9.50. The molecule has 0 saturated heterocycles. The first-order chi connectivity index (χ1) is 9.38. The summed E-state index contributed by atoms with van der Waals surface area (Å²) >= 11 is 0. The first-order valence-corrected chi connectivity index (χ1v) is 6.72. The highest BCUT2D eigenvalue weighted by Crippen LogP contribution is 2.30. The fourth-order valence-electron chi connectivity index (χ4n) is 2.17. The van der Waals surface area contributed by atoms with E-state index in [2.05, 4.69) is 38.2 Å². The van der Waals surface area contributed by atoms with Crippen molar-refractivity contribution in [3.63, 3.8) is 0 Å². The number of phenols is 2. The zero-order chi connectivity index (χ0) is 14.8. The number of benzene rings is 2. The van der Waals surface area contributed by atoms with Crippen molar-refractivity contribution in [2.45, 2.75) is 32.7 Å². The Bertz CT molecular complexity index is 600. The molecule has 3 nitrogen and oxygen atoms in total. The van der Waals surface area contributed by atoms with Crippen LogP contribution in [0.5, 0.6) is 11.5 Å². The number of rotatable bonds is 3. The molecule has 0 amide bonds. The van der Waals surface area contributed by atoms with E-state index >= 15 is 0 Å². The molecule has 0 aromatic heterocycles. The van der Waals surface area contributed by atoms with Crippen LogP contribution in [0, 0.1) is 0 Å². The minimum absolute atomic E-state index is 0.0701. The van der Waals surface area contributed by atoms with E-state index in [-0.39, 0.29) is 16.9 Å². The Kier molecular flexibility index (Phi) is 3.89. The second kappa shape index (κ2) is 5.45. The highest BCUT2D eigenvalue weighted by molar-refractivity contribution is 5.54. The van der Waals surface area contributed by atoms with Crippen LogP contribution in [0.1, 0.15) is 31.9 Å². The predicted molar refractivity (Wildman–Crippen MR) is 82.2 cm³/mol. The molecule has 20 heavy (non-hydrogen) atoms. The van der Waals surface area contributed by atoms with Crippen LogP contribution in [0.4, 0.5) is 5.69 Å². The molecule has 3 heteroatoms. The van der Waals surface area contributed by atoms with E-state index in [0.29, 0.717) is 6.54 Å². The third-order valence-corrected chi connectivity index (χ3v) is 3.26. The highest BCUT2D eigenvalue weighted by Gasteiger charge is 2.17. The van der Waals surface area contributed by atoms with Gasteiger partial charge in [0.1, 0.15) is 0 Å². The molecular formula is C17H21NO2. The van der Waals surface area contributed by atoms with Crippen molar-refractivity contribution >= 4 is 5.69 Å². The van der Waals surface area contributed by atoms with E-state index in [1.807, 2.05) is 12.1 Å². The average Bonchev–Trinajstić information content (AvgIpc) is 2.39. The van der Waals surface area contributed by atoms with Gasteiger partial charge in [0.2, 0.25) is 0 Å². The zero-order valence-corrected chi connectivity index (χ0v) is 12.1. The highest BCUT2D eigenvalue weighted by atomic mass is 16.3. The summed E-state index contributed by atoms with van der Waals surface area (Å²) in [6.45, 7) is 7.14. The number of nitrogens with one attached hydrogen (secondary N) is 1. The number of phenolic OH excluding ortho intramolecular Hbond substituents is 2. The Balaban J connectivity index is 2.17. The van der Waals surface area contributed by atoms with Gasteiger partial charge >= 0.3 is 0 Å². The van der Waals surface area contributed by atoms with Gasteiger partial charge in [-0.2, -0.15) is 0 Å². The van der Waals surface area contributed by atoms with Gasteiger partial charge < -0.3 is 15.5 Å². The van der Waals surface area contributed by atoms with Crippen molar-refractivity contribution in [1.29, 1.82) is 0 Å². The summed E-state index contributed by atoms with van der Waals surface area (Å²) in [6, 6.07) is 13.1. The second-order valence-corrected chi connectivity index (χ2v) is 5.97. The quantitative estimate of drug-likeness (QED) is 0.739. The number of hydrogen-bond acceptors (Lipinski definition) is 3. The van der Waals surface area contributed by atoms with E-state index in [4.69, 9.17) is 0 Å². The van der Waals surface area contributed by atoms with E-state index in [0.717, 1.165) is 11.3 Å². The Labute approximate surface area is 119 Å². The average molecular weight is 271 g/mol. The third kappa shape index (κ3) is 3.23. The molecule has 2 aromatic rings. The van der Waals surface area contributed by atoms with Gasteiger partial charge in [0.25, 0.3) is 0 Å². The van der Waals surface area contributed by atoms with Crippen LogP contribution in [-0.2, 0) is 12.0 Å². The summed E-state index contributed by atoms with van der Waals surface area (Å²) < 4.78 is 0. The summed E-state index contributed by atoms with van der Waals surface area (Å²) in [6.07, 6.45) is 0. The third-order valence-electron chi connectivity index (χ3n) is 3.26. The molecule has 2 aromatic carbocycles. The smallest absolute Gasteiger partial charge is 0.157 e. The van der Waals surface area contributed by atoms with Crippen molar-refractivity contribution in [2.75, 3.05) is 5.32 Å². The molecule has 0 radical (unpaired) electrons. The van der Waals surface area contributed by atoms with Crippen molar-refractivity contribution < 1.29 is 10.2 Å². The van der Waals surface area contributed by atoms with Gasteiger partial charge in [-0.1, -0.05) is 45.0 Å². The number of aromatic hydroxyl groups is 2. The fourth-order valence-corrected chi connectivity index (χ4v) is 2.17. The van der Waals surface area contributed by atoms with Crippen LogP contribution in [0.3, 0.4) is 0 Å². The van der Waals surface area contributed by atoms with Crippen molar-refractivity contribution in [2.24, 2.45) is 0 Å². The number of anilines is 1. The van der Waals surface area contributed by atoms with Gasteiger partial charge in [-0.05, 0) is 34.7 Å². The molecular weight excluding hydrogens is 250 g/mol. The normalized spacial score (nSPS) is 11.3. The fraction of sp³-hybridized carbons (Fsp3) is 0.294. The molecule has 0 aliphatic carbocycles. The van der Waals surface area contributed by atoms with Gasteiger partial charge in [-0.25, -0.2) is 0 Å². The topological polar surface area (TPSA) is 52.5 Å². The summed E-state index contributed by atoms with van der Waals surface area (Å²) in [5.74, 6) is -0.183. The molecule has 3 N–H and O–H groups in total. The minimum atomic E-state index is -0.0937. The Hall–Kier alpha value is -2.16. The summed E-state index contributed by atoms with van der Waals surface area (Å²) in [4.78, 5) is 0. The predicted octanol–water partition coefficient (Wildman–Crippen LogP) is 4.01. The Morgan fingerprint density at radius 2 is 1.65 bits per heavy atom. The number of para-hydroxylation sites is 1. The van der Waals surface area contributed by atoms with Crippen molar-refractivity contribution in [3.05, 3.63) is 53.6 Å². The number of hydrogen-bond donors (Lipinski definition) is 3. The van der Waals surface area contributed by atoms with Crippen molar-refractivity contribution in [3.8, 4) is 11.5 Å². The SMILES string of the molecule is CC(C)(C)c1ccccc1NCc1ccc(O)c(O)c1. The molecule has 0 aliphatic heterocycles. The lowest BCUT2D eigenvalue weighted by molar-refractivity contribution is 0.403. The second-order valence-electron chi connectivity index (χ2n) is 5.97. The van der Waals surface area contributed by atoms with Crippen LogP contribution >= 0.6 is 0 Å². The molecule has 0 fully saturated rings. The summed E-state index contributed by atoms with van der Waals surface area (Å²) in [5.41, 5.74) is 3.33. The Morgan fingerprint density at radius 1 is 0.950 bits per heavy atom. The van der Waals surface area contributed by atoms with Gasteiger partial charge in [-0.3, -0.25) is 0 Å². The van der Waals surface area contributed by atoms with Crippen LogP contribution in [-0.4, -0.2) is 10.2 Å². The molecule has 0 aliphatic rings.